The number of hydrogen-bond donors (Lipinski definition) is 0. The summed E-state index contributed by atoms with van der Waals surface area (Å²) in [5.74, 6) is 0.679. The summed E-state index contributed by atoms with van der Waals surface area (Å²) >= 11 is 0. The SMILES string of the molecule is C1=CC(c2cnc(-n3c4ccccc4c4c5ccoc5ccc43)nc2)=CCC1. The Balaban J connectivity index is 1.61. The highest BCUT2D eigenvalue weighted by Gasteiger charge is 2.17. The van der Waals surface area contributed by atoms with Crippen molar-refractivity contribution < 1.29 is 4.42 Å². The quantitative estimate of drug-likeness (QED) is 0.383. The summed E-state index contributed by atoms with van der Waals surface area (Å²) < 4.78 is 7.75. The third kappa shape index (κ3) is 2.18. The molecule has 3 heterocycles. The predicted molar refractivity (Wildman–Crippen MR) is 112 cm³/mol. The van der Waals surface area contributed by atoms with Crippen LogP contribution >= 0.6 is 0 Å². The second kappa shape index (κ2) is 5.92. The number of furan rings is 1. The van der Waals surface area contributed by atoms with E-state index in [1.165, 1.54) is 16.3 Å². The van der Waals surface area contributed by atoms with Crippen LogP contribution in [0.15, 0.2) is 83.8 Å². The van der Waals surface area contributed by atoms with Crippen molar-refractivity contribution >= 4 is 38.3 Å². The summed E-state index contributed by atoms with van der Waals surface area (Å²) in [7, 11) is 0. The van der Waals surface area contributed by atoms with Crippen molar-refractivity contribution in [3.05, 3.63) is 84.9 Å². The number of fused-ring (bicyclic) bond motifs is 5. The van der Waals surface area contributed by atoms with Crippen molar-refractivity contribution in [2.24, 2.45) is 0 Å². The molecule has 0 aliphatic heterocycles. The van der Waals surface area contributed by atoms with Crippen molar-refractivity contribution in [2.75, 3.05) is 0 Å². The second-order valence-electron chi connectivity index (χ2n) is 7.06. The van der Waals surface area contributed by atoms with Gasteiger partial charge in [0.05, 0.1) is 17.3 Å². The number of aromatic nitrogens is 3. The summed E-state index contributed by atoms with van der Waals surface area (Å²) in [5.41, 5.74) is 5.32. The number of para-hydroxylation sites is 1. The largest absolute Gasteiger partial charge is 0.464 e. The van der Waals surface area contributed by atoms with Crippen LogP contribution in [-0.2, 0) is 0 Å². The first-order valence-corrected chi connectivity index (χ1v) is 9.49. The fourth-order valence-corrected chi connectivity index (χ4v) is 4.14. The third-order valence-corrected chi connectivity index (χ3v) is 5.43. The van der Waals surface area contributed by atoms with Crippen LogP contribution in [0.2, 0.25) is 0 Å². The molecule has 6 rings (SSSR count). The average molecular weight is 363 g/mol. The number of hydrogen-bond acceptors (Lipinski definition) is 3. The fraction of sp³-hybridized carbons (Fsp3) is 0.0833. The van der Waals surface area contributed by atoms with Gasteiger partial charge in [-0.15, -0.1) is 0 Å². The lowest BCUT2D eigenvalue weighted by Crippen LogP contribution is -2.01. The molecule has 0 saturated heterocycles. The van der Waals surface area contributed by atoms with Gasteiger partial charge in [-0.25, -0.2) is 9.97 Å². The van der Waals surface area contributed by atoms with Crippen molar-refractivity contribution in [3.63, 3.8) is 0 Å². The molecule has 5 aromatic rings. The van der Waals surface area contributed by atoms with Gasteiger partial charge >= 0.3 is 0 Å². The van der Waals surface area contributed by atoms with Crippen molar-refractivity contribution in [2.45, 2.75) is 12.8 Å². The van der Waals surface area contributed by atoms with Gasteiger partial charge in [0.15, 0.2) is 0 Å². The average Bonchev–Trinajstić information content (AvgIpc) is 3.36. The van der Waals surface area contributed by atoms with Crippen LogP contribution < -0.4 is 0 Å². The molecule has 134 valence electrons. The van der Waals surface area contributed by atoms with E-state index in [0.717, 1.165) is 40.4 Å². The molecule has 0 spiro atoms. The van der Waals surface area contributed by atoms with Gasteiger partial charge < -0.3 is 4.42 Å². The maximum Gasteiger partial charge on any atom is 0.234 e. The zero-order chi connectivity index (χ0) is 18.5. The normalized spacial score (nSPS) is 14.2. The molecule has 0 fully saturated rings. The van der Waals surface area contributed by atoms with E-state index >= 15 is 0 Å². The summed E-state index contributed by atoms with van der Waals surface area (Å²) in [6, 6.07) is 14.5. The van der Waals surface area contributed by atoms with E-state index in [1.807, 2.05) is 24.5 Å². The fourth-order valence-electron chi connectivity index (χ4n) is 4.14. The van der Waals surface area contributed by atoms with Gasteiger partial charge in [-0.3, -0.25) is 4.57 Å². The van der Waals surface area contributed by atoms with Crippen molar-refractivity contribution in [1.29, 1.82) is 0 Å². The Morgan fingerprint density at radius 1 is 0.857 bits per heavy atom. The molecule has 0 N–H and O–H groups in total. The number of nitrogens with zero attached hydrogens (tertiary/aromatic N) is 3. The van der Waals surface area contributed by atoms with Gasteiger partial charge in [-0.1, -0.05) is 36.4 Å². The van der Waals surface area contributed by atoms with E-state index in [1.54, 1.807) is 6.26 Å². The van der Waals surface area contributed by atoms with Crippen LogP contribution in [0.4, 0.5) is 0 Å². The zero-order valence-electron chi connectivity index (χ0n) is 15.2. The molecule has 1 aliphatic rings. The number of benzene rings is 2. The van der Waals surface area contributed by atoms with E-state index in [2.05, 4.69) is 53.1 Å². The van der Waals surface area contributed by atoms with E-state index < -0.39 is 0 Å². The molecule has 2 aromatic carbocycles. The van der Waals surface area contributed by atoms with Crippen molar-refractivity contribution in [1.82, 2.24) is 14.5 Å². The molecule has 0 amide bonds. The first kappa shape index (κ1) is 15.4. The Morgan fingerprint density at radius 2 is 1.75 bits per heavy atom. The number of allylic oxidation sites excluding steroid dienone is 4. The minimum absolute atomic E-state index is 0.679. The van der Waals surface area contributed by atoms with Gasteiger partial charge in [0.2, 0.25) is 5.95 Å². The molecule has 4 heteroatoms. The zero-order valence-corrected chi connectivity index (χ0v) is 15.2. The van der Waals surface area contributed by atoms with Gasteiger partial charge in [-0.05, 0) is 42.7 Å². The van der Waals surface area contributed by atoms with E-state index in [4.69, 9.17) is 14.4 Å². The monoisotopic (exact) mass is 363 g/mol. The smallest absolute Gasteiger partial charge is 0.234 e. The topological polar surface area (TPSA) is 43.9 Å². The lowest BCUT2D eigenvalue weighted by Gasteiger charge is -2.09. The molecule has 0 unspecified atom stereocenters. The maximum atomic E-state index is 5.62. The van der Waals surface area contributed by atoms with Crippen LogP contribution in [0.25, 0.3) is 44.3 Å². The van der Waals surface area contributed by atoms with E-state index in [0.29, 0.717) is 5.95 Å². The van der Waals surface area contributed by atoms with Crippen LogP contribution in [0.5, 0.6) is 0 Å². The Hall–Kier alpha value is -3.66. The molecule has 0 saturated carbocycles. The summed E-state index contributed by atoms with van der Waals surface area (Å²) in [4.78, 5) is 9.44. The summed E-state index contributed by atoms with van der Waals surface area (Å²) in [5, 5.41) is 3.46. The molecule has 28 heavy (non-hydrogen) atoms. The summed E-state index contributed by atoms with van der Waals surface area (Å²) in [6.45, 7) is 0. The minimum atomic E-state index is 0.679. The Labute approximate surface area is 161 Å². The van der Waals surface area contributed by atoms with Crippen LogP contribution in [0, 0.1) is 0 Å². The highest BCUT2D eigenvalue weighted by atomic mass is 16.3. The van der Waals surface area contributed by atoms with Crippen LogP contribution in [0.3, 0.4) is 0 Å². The van der Waals surface area contributed by atoms with Crippen molar-refractivity contribution in [3.8, 4) is 5.95 Å². The van der Waals surface area contributed by atoms with Crippen LogP contribution in [0.1, 0.15) is 18.4 Å². The maximum absolute atomic E-state index is 5.62. The molecule has 0 radical (unpaired) electrons. The first-order valence-electron chi connectivity index (χ1n) is 9.49. The molecule has 4 nitrogen and oxygen atoms in total. The lowest BCUT2D eigenvalue weighted by atomic mass is 10.0. The molecule has 0 bridgehead atoms. The molecular weight excluding hydrogens is 346 g/mol. The van der Waals surface area contributed by atoms with E-state index in [-0.39, 0.29) is 0 Å². The Morgan fingerprint density at radius 3 is 2.61 bits per heavy atom. The highest BCUT2D eigenvalue weighted by Crippen LogP contribution is 2.36. The van der Waals surface area contributed by atoms with Gasteiger partial charge in [-0.2, -0.15) is 0 Å². The van der Waals surface area contributed by atoms with E-state index in [9.17, 15) is 0 Å². The minimum Gasteiger partial charge on any atom is -0.464 e. The van der Waals surface area contributed by atoms with Gasteiger partial charge in [0.1, 0.15) is 5.58 Å². The van der Waals surface area contributed by atoms with Crippen LogP contribution in [-0.4, -0.2) is 14.5 Å². The molecule has 0 atom stereocenters. The molecule has 3 aromatic heterocycles. The Kier molecular flexibility index (Phi) is 3.26. The lowest BCUT2D eigenvalue weighted by molar-refractivity contribution is 0.616. The summed E-state index contributed by atoms with van der Waals surface area (Å²) in [6.07, 6.45) is 14.3. The predicted octanol–water partition coefficient (Wildman–Crippen LogP) is 6.05. The molecule has 1 aliphatic carbocycles. The molecular formula is C24H17N3O. The standard InChI is InChI=1S/C24H17N3O/c1-2-6-16(7-3-1)17-14-25-24(26-15-17)27-20-9-5-4-8-18(20)23-19-12-13-28-22(19)11-10-21(23)27/h2,4-15H,1,3H2. The highest BCUT2D eigenvalue weighted by molar-refractivity contribution is 6.20. The third-order valence-electron chi connectivity index (χ3n) is 5.43. The second-order valence-corrected chi connectivity index (χ2v) is 7.06. The first-order chi connectivity index (χ1) is 13.9. The Bertz CT molecular complexity index is 1400. The number of rotatable bonds is 2. The van der Waals surface area contributed by atoms with Gasteiger partial charge in [0.25, 0.3) is 0 Å². The van der Waals surface area contributed by atoms with Gasteiger partial charge in [0, 0.05) is 34.1 Å².